The maximum absolute atomic E-state index is 14.7. The summed E-state index contributed by atoms with van der Waals surface area (Å²) in [6.07, 6.45) is 0. The number of carbonyl (C=O) groups is 2. The Balaban J connectivity index is 1.90. The van der Waals surface area contributed by atoms with E-state index in [4.69, 9.17) is 4.74 Å². The second-order valence-electron chi connectivity index (χ2n) is 6.60. The zero-order valence-electron chi connectivity index (χ0n) is 16.5. The second-order valence-corrected chi connectivity index (χ2v) is 6.60. The highest BCUT2D eigenvalue weighted by atomic mass is 19.1. The van der Waals surface area contributed by atoms with Crippen LogP contribution in [0.1, 0.15) is 15.9 Å². The van der Waals surface area contributed by atoms with Crippen LogP contribution in [0.25, 0.3) is 0 Å². The Morgan fingerprint density at radius 3 is 2.38 bits per heavy atom. The molecule has 1 aliphatic rings. The normalized spacial score (nSPS) is 13.7. The van der Waals surface area contributed by atoms with Crippen LogP contribution < -0.4 is 15.0 Å². The molecule has 3 rings (SSSR count). The molecule has 154 valence electrons. The Kier molecular flexibility index (Phi) is 6.66. The van der Waals surface area contributed by atoms with Gasteiger partial charge in [-0.15, -0.1) is 0 Å². The standard InChI is InChI=1S/C21H24FN3O4/c1-28-18-7-5-17(6-8-18)25(21(27)24-11-9-23-10-12-24)14-16-4-3-15(13-19(16)22)20(26)29-2/h3-8,13,23H,9-12,14H2,1-2H3. The predicted octanol–water partition coefficient (Wildman–Crippen LogP) is 2.65. The first-order valence-electron chi connectivity index (χ1n) is 9.31. The van der Waals surface area contributed by atoms with Gasteiger partial charge in [0.1, 0.15) is 11.6 Å². The van der Waals surface area contributed by atoms with Crippen LogP contribution in [0.15, 0.2) is 42.5 Å². The molecular formula is C21H24FN3O4. The number of ether oxygens (including phenoxy) is 2. The molecule has 0 atom stereocenters. The summed E-state index contributed by atoms with van der Waals surface area (Å²) >= 11 is 0. The lowest BCUT2D eigenvalue weighted by atomic mass is 10.1. The highest BCUT2D eigenvalue weighted by Gasteiger charge is 2.25. The largest absolute Gasteiger partial charge is 0.497 e. The average Bonchev–Trinajstić information content (AvgIpc) is 2.78. The molecule has 2 aromatic carbocycles. The maximum atomic E-state index is 14.7. The number of methoxy groups -OCH3 is 2. The van der Waals surface area contributed by atoms with Gasteiger partial charge >= 0.3 is 12.0 Å². The molecule has 0 saturated carbocycles. The highest BCUT2D eigenvalue weighted by molar-refractivity contribution is 5.92. The molecule has 0 radical (unpaired) electrons. The topological polar surface area (TPSA) is 71.1 Å². The SMILES string of the molecule is COC(=O)c1ccc(CN(C(=O)N2CCNCC2)c2ccc(OC)cc2)c(F)c1. The molecule has 7 nitrogen and oxygen atoms in total. The molecule has 1 saturated heterocycles. The lowest BCUT2D eigenvalue weighted by Crippen LogP contribution is -2.51. The molecule has 0 bridgehead atoms. The van der Waals surface area contributed by atoms with E-state index < -0.39 is 11.8 Å². The fraction of sp³-hybridized carbons (Fsp3) is 0.333. The lowest BCUT2D eigenvalue weighted by molar-refractivity contribution is 0.0600. The summed E-state index contributed by atoms with van der Waals surface area (Å²) in [6, 6.07) is 11.0. The minimum Gasteiger partial charge on any atom is -0.497 e. The summed E-state index contributed by atoms with van der Waals surface area (Å²) in [6.45, 7) is 2.61. The Morgan fingerprint density at radius 2 is 1.79 bits per heavy atom. The van der Waals surface area contributed by atoms with Crippen LogP contribution in [0.5, 0.6) is 5.75 Å². The minimum absolute atomic E-state index is 0.0301. The van der Waals surface area contributed by atoms with E-state index in [1.807, 2.05) is 0 Å². The Bertz CT molecular complexity index is 867. The van der Waals surface area contributed by atoms with Gasteiger partial charge in [-0.3, -0.25) is 4.90 Å². The number of hydrogen-bond donors (Lipinski definition) is 1. The van der Waals surface area contributed by atoms with E-state index in [1.54, 1.807) is 36.3 Å². The predicted molar refractivity (Wildman–Crippen MR) is 107 cm³/mol. The van der Waals surface area contributed by atoms with Crippen LogP contribution >= 0.6 is 0 Å². The summed E-state index contributed by atoms with van der Waals surface area (Å²) in [7, 11) is 2.81. The highest BCUT2D eigenvalue weighted by Crippen LogP contribution is 2.24. The molecule has 29 heavy (non-hydrogen) atoms. The molecule has 2 amide bonds. The van der Waals surface area contributed by atoms with E-state index >= 15 is 0 Å². The molecule has 0 aliphatic carbocycles. The minimum atomic E-state index is -0.612. The number of halogens is 1. The van der Waals surface area contributed by atoms with Gasteiger partial charge in [-0.25, -0.2) is 14.0 Å². The van der Waals surface area contributed by atoms with Gasteiger partial charge in [0, 0.05) is 37.4 Å². The number of esters is 1. The first-order valence-corrected chi connectivity index (χ1v) is 9.31. The van der Waals surface area contributed by atoms with Gasteiger partial charge in [0.2, 0.25) is 0 Å². The van der Waals surface area contributed by atoms with Crippen molar-refractivity contribution >= 4 is 17.7 Å². The monoisotopic (exact) mass is 401 g/mol. The summed E-state index contributed by atoms with van der Waals surface area (Å²) in [5, 5.41) is 3.21. The summed E-state index contributed by atoms with van der Waals surface area (Å²) < 4.78 is 24.5. The van der Waals surface area contributed by atoms with E-state index in [2.05, 4.69) is 10.1 Å². The van der Waals surface area contributed by atoms with Crippen molar-refractivity contribution in [2.45, 2.75) is 6.54 Å². The zero-order chi connectivity index (χ0) is 20.8. The smallest absolute Gasteiger partial charge is 0.337 e. The molecule has 8 heteroatoms. The van der Waals surface area contributed by atoms with Crippen molar-refractivity contribution < 1.29 is 23.5 Å². The molecule has 1 aliphatic heterocycles. The summed E-state index contributed by atoms with van der Waals surface area (Å²) in [5.74, 6) is -0.518. The number of benzene rings is 2. The third-order valence-electron chi connectivity index (χ3n) is 4.81. The number of carbonyl (C=O) groups excluding carboxylic acids is 2. The van der Waals surface area contributed by atoms with Gasteiger partial charge < -0.3 is 19.7 Å². The number of piperazine rings is 1. The van der Waals surface area contributed by atoms with E-state index in [9.17, 15) is 14.0 Å². The van der Waals surface area contributed by atoms with Crippen LogP contribution in [0, 0.1) is 5.82 Å². The van der Waals surface area contributed by atoms with Gasteiger partial charge in [0.15, 0.2) is 0 Å². The zero-order valence-corrected chi connectivity index (χ0v) is 16.5. The van der Waals surface area contributed by atoms with Crippen molar-refractivity contribution in [3.8, 4) is 5.75 Å². The number of urea groups is 1. The molecule has 1 fully saturated rings. The van der Waals surface area contributed by atoms with E-state index in [0.29, 0.717) is 43.2 Å². The lowest BCUT2D eigenvalue weighted by Gasteiger charge is -2.33. The van der Waals surface area contributed by atoms with Gasteiger partial charge in [-0.2, -0.15) is 0 Å². The van der Waals surface area contributed by atoms with Crippen molar-refractivity contribution in [3.05, 3.63) is 59.4 Å². The first-order chi connectivity index (χ1) is 14.0. The average molecular weight is 401 g/mol. The van der Waals surface area contributed by atoms with Crippen molar-refractivity contribution in [1.29, 1.82) is 0 Å². The second kappa shape index (κ2) is 9.38. The summed E-state index contributed by atoms with van der Waals surface area (Å²) in [5.41, 5.74) is 1.06. The van der Waals surface area contributed by atoms with Crippen molar-refractivity contribution in [1.82, 2.24) is 10.2 Å². The van der Waals surface area contributed by atoms with Crippen LogP contribution in [0.4, 0.5) is 14.9 Å². The molecule has 1 N–H and O–H groups in total. The Labute approximate surface area is 169 Å². The van der Waals surface area contributed by atoms with Gasteiger partial charge in [-0.05, 0) is 36.4 Å². The van der Waals surface area contributed by atoms with Gasteiger partial charge in [-0.1, -0.05) is 6.07 Å². The van der Waals surface area contributed by atoms with Crippen LogP contribution in [0.3, 0.4) is 0 Å². The number of rotatable bonds is 5. The number of anilines is 1. The van der Waals surface area contributed by atoms with Crippen LogP contribution in [-0.2, 0) is 11.3 Å². The summed E-state index contributed by atoms with van der Waals surface area (Å²) in [4.78, 5) is 28.1. The van der Waals surface area contributed by atoms with Crippen molar-refractivity contribution in [3.63, 3.8) is 0 Å². The third kappa shape index (κ3) is 4.83. The van der Waals surface area contributed by atoms with Crippen LogP contribution in [0.2, 0.25) is 0 Å². The molecule has 2 aromatic rings. The molecule has 0 unspecified atom stereocenters. The Morgan fingerprint density at radius 1 is 1.10 bits per heavy atom. The molecule has 0 aromatic heterocycles. The number of nitrogens with zero attached hydrogens (tertiary/aromatic N) is 2. The fourth-order valence-corrected chi connectivity index (χ4v) is 3.15. The first kappa shape index (κ1) is 20.6. The molecule has 1 heterocycles. The van der Waals surface area contributed by atoms with Gasteiger partial charge in [0.05, 0.1) is 26.3 Å². The number of amides is 2. The quantitative estimate of drug-likeness (QED) is 0.780. The molecule has 0 spiro atoms. The van der Waals surface area contributed by atoms with E-state index in [1.165, 1.54) is 24.1 Å². The molecular weight excluding hydrogens is 377 g/mol. The van der Waals surface area contributed by atoms with Crippen molar-refractivity contribution in [2.24, 2.45) is 0 Å². The Hall–Kier alpha value is -3.13. The third-order valence-corrected chi connectivity index (χ3v) is 4.81. The number of hydrogen-bond acceptors (Lipinski definition) is 5. The van der Waals surface area contributed by atoms with Crippen molar-refractivity contribution in [2.75, 3.05) is 45.3 Å². The van der Waals surface area contributed by atoms with Crippen LogP contribution in [-0.4, -0.2) is 57.3 Å². The number of nitrogens with one attached hydrogen (secondary N) is 1. The van der Waals surface area contributed by atoms with E-state index in [-0.39, 0.29) is 18.1 Å². The fourth-order valence-electron chi connectivity index (χ4n) is 3.15. The van der Waals surface area contributed by atoms with E-state index in [0.717, 1.165) is 6.07 Å². The maximum Gasteiger partial charge on any atom is 0.337 e. The van der Waals surface area contributed by atoms with Gasteiger partial charge in [0.25, 0.3) is 0 Å².